The molecule has 27 heavy (non-hydrogen) atoms. The van der Waals surface area contributed by atoms with Crippen molar-refractivity contribution in [3.05, 3.63) is 35.3 Å². The van der Waals surface area contributed by atoms with Crippen LogP contribution in [0.25, 0.3) is 10.6 Å². The first-order valence-electron chi connectivity index (χ1n) is 9.06. The number of rotatable bonds is 7. The quantitative estimate of drug-likeness (QED) is 0.734. The van der Waals surface area contributed by atoms with Crippen molar-refractivity contribution >= 4 is 29.7 Å². The summed E-state index contributed by atoms with van der Waals surface area (Å²) in [5.41, 5.74) is 1.47. The van der Waals surface area contributed by atoms with Crippen molar-refractivity contribution < 1.29 is 9.53 Å². The van der Waals surface area contributed by atoms with Crippen molar-refractivity contribution in [2.24, 2.45) is 0 Å². The van der Waals surface area contributed by atoms with Gasteiger partial charge in [0.2, 0.25) is 0 Å². The summed E-state index contributed by atoms with van der Waals surface area (Å²) in [6.45, 7) is 9.63. The van der Waals surface area contributed by atoms with Crippen molar-refractivity contribution in [1.82, 2.24) is 20.5 Å². The minimum Gasteiger partial charge on any atom is -0.491 e. The van der Waals surface area contributed by atoms with Gasteiger partial charge in [0, 0.05) is 50.2 Å². The van der Waals surface area contributed by atoms with E-state index in [-0.39, 0.29) is 24.4 Å². The smallest absolute Gasteiger partial charge is 0.270 e. The molecule has 1 aromatic carbocycles. The molecule has 0 bridgehead atoms. The Kier molecular flexibility index (Phi) is 8.50. The van der Waals surface area contributed by atoms with Gasteiger partial charge in [-0.2, -0.15) is 0 Å². The van der Waals surface area contributed by atoms with Crippen LogP contribution in [0.1, 0.15) is 24.3 Å². The normalized spacial score (nSPS) is 14.6. The minimum atomic E-state index is -0.109. The molecule has 0 aliphatic carbocycles. The molecule has 1 aliphatic rings. The second-order valence-electron chi connectivity index (χ2n) is 6.58. The van der Waals surface area contributed by atoms with E-state index in [1.807, 2.05) is 43.5 Å². The maximum atomic E-state index is 12.3. The summed E-state index contributed by atoms with van der Waals surface area (Å²) in [7, 11) is 0. The van der Waals surface area contributed by atoms with Gasteiger partial charge in [0.05, 0.1) is 6.10 Å². The molecule has 0 saturated carbocycles. The molecule has 1 aromatic heterocycles. The molecular formula is C19H27ClN4O2S. The van der Waals surface area contributed by atoms with Gasteiger partial charge in [0.1, 0.15) is 16.5 Å². The fourth-order valence-electron chi connectivity index (χ4n) is 2.81. The van der Waals surface area contributed by atoms with E-state index in [1.54, 1.807) is 0 Å². The first kappa shape index (κ1) is 21.6. The average molecular weight is 411 g/mol. The van der Waals surface area contributed by atoms with Gasteiger partial charge in [0.15, 0.2) is 0 Å². The molecule has 6 nitrogen and oxygen atoms in total. The lowest BCUT2D eigenvalue weighted by Crippen LogP contribution is -2.46. The first-order chi connectivity index (χ1) is 12.6. The lowest BCUT2D eigenvalue weighted by atomic mass is 10.2. The molecule has 1 amide bonds. The fraction of sp³-hybridized carbons (Fsp3) is 0.474. The molecule has 8 heteroatoms. The molecule has 1 saturated heterocycles. The third-order valence-electron chi connectivity index (χ3n) is 4.13. The van der Waals surface area contributed by atoms with Crippen LogP contribution in [-0.4, -0.2) is 61.2 Å². The van der Waals surface area contributed by atoms with Gasteiger partial charge in [-0.1, -0.05) is 0 Å². The fourth-order valence-corrected chi connectivity index (χ4v) is 3.62. The van der Waals surface area contributed by atoms with Crippen molar-refractivity contribution in [3.63, 3.8) is 0 Å². The number of carbonyl (C=O) groups excluding carboxylic acids is 1. The summed E-state index contributed by atoms with van der Waals surface area (Å²) in [4.78, 5) is 19.1. The number of benzene rings is 1. The lowest BCUT2D eigenvalue weighted by Gasteiger charge is -2.26. The average Bonchev–Trinajstić information content (AvgIpc) is 3.13. The van der Waals surface area contributed by atoms with Crippen molar-refractivity contribution in [2.45, 2.75) is 20.0 Å². The zero-order chi connectivity index (χ0) is 18.4. The van der Waals surface area contributed by atoms with Gasteiger partial charge in [0.25, 0.3) is 5.91 Å². The van der Waals surface area contributed by atoms with Crippen LogP contribution in [0.15, 0.2) is 29.6 Å². The molecule has 0 radical (unpaired) electrons. The van der Waals surface area contributed by atoms with Crippen molar-refractivity contribution in [3.8, 4) is 16.3 Å². The summed E-state index contributed by atoms with van der Waals surface area (Å²) < 4.78 is 5.65. The van der Waals surface area contributed by atoms with E-state index in [9.17, 15) is 4.79 Å². The van der Waals surface area contributed by atoms with E-state index in [0.29, 0.717) is 12.2 Å². The number of amides is 1. The third kappa shape index (κ3) is 6.46. The Morgan fingerprint density at radius 2 is 2.00 bits per heavy atom. The van der Waals surface area contributed by atoms with Gasteiger partial charge in [-0.05, 0) is 38.1 Å². The molecule has 148 valence electrons. The molecular weight excluding hydrogens is 384 g/mol. The zero-order valence-electron chi connectivity index (χ0n) is 15.7. The Morgan fingerprint density at radius 1 is 1.30 bits per heavy atom. The number of carbonyl (C=O) groups is 1. The Hall–Kier alpha value is -1.67. The Morgan fingerprint density at radius 3 is 2.67 bits per heavy atom. The molecule has 2 N–H and O–H groups in total. The second kappa shape index (κ2) is 10.6. The van der Waals surface area contributed by atoms with Crippen LogP contribution < -0.4 is 15.4 Å². The summed E-state index contributed by atoms with van der Waals surface area (Å²) in [6, 6.07) is 7.82. The SMILES string of the molecule is CC(C)Oc1ccc(-c2nc(C(=O)NCCN3CCNCC3)cs2)cc1.Cl. The van der Waals surface area contributed by atoms with Crippen molar-refractivity contribution in [2.75, 3.05) is 39.3 Å². The van der Waals surface area contributed by atoms with Crippen LogP contribution in [0.3, 0.4) is 0 Å². The van der Waals surface area contributed by atoms with E-state index in [2.05, 4.69) is 20.5 Å². The van der Waals surface area contributed by atoms with E-state index in [0.717, 1.165) is 49.0 Å². The molecule has 1 fully saturated rings. The number of aromatic nitrogens is 1. The third-order valence-corrected chi connectivity index (χ3v) is 5.02. The highest BCUT2D eigenvalue weighted by molar-refractivity contribution is 7.13. The summed E-state index contributed by atoms with van der Waals surface area (Å²) in [6.07, 6.45) is 0.150. The predicted molar refractivity (Wildman–Crippen MR) is 112 cm³/mol. The van der Waals surface area contributed by atoms with E-state index in [1.165, 1.54) is 11.3 Å². The topological polar surface area (TPSA) is 66.5 Å². The number of nitrogens with one attached hydrogen (secondary N) is 2. The van der Waals surface area contributed by atoms with E-state index < -0.39 is 0 Å². The highest BCUT2D eigenvalue weighted by Crippen LogP contribution is 2.26. The molecule has 2 aromatic rings. The standard InChI is InChI=1S/C19H26N4O2S.ClH/c1-14(2)25-16-5-3-15(4-6-16)19-22-17(13-26-19)18(24)21-9-12-23-10-7-20-8-11-23;/h3-6,13-14,20H,7-12H2,1-2H3,(H,21,24);1H. The molecule has 0 atom stereocenters. The number of halogens is 1. The highest BCUT2D eigenvalue weighted by Gasteiger charge is 2.13. The molecule has 0 unspecified atom stereocenters. The number of hydrogen-bond acceptors (Lipinski definition) is 6. The number of ether oxygens (including phenoxy) is 1. The maximum Gasteiger partial charge on any atom is 0.270 e. The van der Waals surface area contributed by atoms with Gasteiger partial charge in [-0.25, -0.2) is 4.98 Å². The Bertz CT molecular complexity index is 715. The Labute approximate surface area is 170 Å². The van der Waals surface area contributed by atoms with Crippen molar-refractivity contribution in [1.29, 1.82) is 0 Å². The summed E-state index contributed by atoms with van der Waals surface area (Å²) in [5.74, 6) is 0.730. The second-order valence-corrected chi connectivity index (χ2v) is 7.43. The largest absolute Gasteiger partial charge is 0.491 e. The molecule has 0 spiro atoms. The predicted octanol–water partition coefficient (Wildman–Crippen LogP) is 2.65. The molecule has 2 heterocycles. The number of hydrogen-bond donors (Lipinski definition) is 2. The number of thiazole rings is 1. The van der Waals surface area contributed by atoms with Gasteiger partial charge in [-0.3, -0.25) is 9.69 Å². The van der Waals surface area contributed by atoms with E-state index >= 15 is 0 Å². The van der Waals surface area contributed by atoms with Gasteiger partial charge < -0.3 is 15.4 Å². The molecule has 1 aliphatic heterocycles. The zero-order valence-corrected chi connectivity index (χ0v) is 17.4. The minimum absolute atomic E-state index is 0. The maximum absolute atomic E-state index is 12.3. The van der Waals surface area contributed by atoms with Gasteiger partial charge in [-0.15, -0.1) is 23.7 Å². The monoisotopic (exact) mass is 410 g/mol. The summed E-state index contributed by atoms with van der Waals surface area (Å²) >= 11 is 1.48. The van der Waals surface area contributed by atoms with Crippen LogP contribution in [0, 0.1) is 0 Å². The number of piperazine rings is 1. The molecule has 3 rings (SSSR count). The first-order valence-corrected chi connectivity index (χ1v) is 9.93. The van der Waals surface area contributed by atoms with Crippen LogP contribution in [0.5, 0.6) is 5.75 Å². The van der Waals surface area contributed by atoms with E-state index in [4.69, 9.17) is 4.74 Å². The van der Waals surface area contributed by atoms with Crippen LogP contribution in [0.2, 0.25) is 0 Å². The van der Waals surface area contributed by atoms with Gasteiger partial charge >= 0.3 is 0 Å². The number of nitrogens with zero attached hydrogens (tertiary/aromatic N) is 2. The Balaban J connectivity index is 0.00000261. The van der Waals surface area contributed by atoms with Crippen LogP contribution in [-0.2, 0) is 0 Å². The van der Waals surface area contributed by atoms with Crippen LogP contribution >= 0.6 is 23.7 Å². The summed E-state index contributed by atoms with van der Waals surface area (Å²) in [5, 5.41) is 8.94. The van der Waals surface area contributed by atoms with Crippen LogP contribution in [0.4, 0.5) is 0 Å². The lowest BCUT2D eigenvalue weighted by molar-refractivity contribution is 0.0943. The highest BCUT2D eigenvalue weighted by atomic mass is 35.5.